The van der Waals surface area contributed by atoms with Crippen LogP contribution in [0.2, 0.25) is 5.02 Å². The Morgan fingerprint density at radius 3 is 3.12 bits per heavy atom. The largest absolute Gasteiger partial charge is 0.352 e. The number of benzene rings is 1. The number of hydrogen-bond donors (Lipinski definition) is 1. The molecule has 2 rings (SSSR count). The molecule has 0 atom stereocenters. The molecule has 0 fully saturated rings. The maximum Gasteiger partial charge on any atom is 0.207 e. The summed E-state index contributed by atoms with van der Waals surface area (Å²) in [6.07, 6.45) is 5.42. The van der Waals surface area contributed by atoms with Crippen LogP contribution in [0, 0.1) is 0 Å². The van der Waals surface area contributed by atoms with Gasteiger partial charge < -0.3 is 5.32 Å². The minimum absolute atomic E-state index is 0.678. The number of aromatic nitrogens is 2. The van der Waals surface area contributed by atoms with Gasteiger partial charge in [-0.15, -0.1) is 6.58 Å². The molecule has 0 unspecified atom stereocenters. The van der Waals surface area contributed by atoms with E-state index in [2.05, 4.69) is 16.9 Å². The van der Waals surface area contributed by atoms with Crippen molar-refractivity contribution in [3.05, 3.63) is 54.3 Å². The summed E-state index contributed by atoms with van der Waals surface area (Å²) in [4.78, 5) is 4.22. The molecule has 1 aromatic heterocycles. The number of anilines is 1. The fourth-order valence-electron chi connectivity index (χ4n) is 1.43. The first-order valence-electron chi connectivity index (χ1n) is 4.95. The number of nitrogens with one attached hydrogen (secondary N) is 1. The van der Waals surface area contributed by atoms with E-state index < -0.39 is 0 Å². The molecule has 0 aliphatic rings. The second-order valence-corrected chi connectivity index (χ2v) is 3.71. The van der Waals surface area contributed by atoms with Gasteiger partial charge in [0.25, 0.3) is 0 Å². The van der Waals surface area contributed by atoms with Crippen molar-refractivity contribution in [2.45, 2.75) is 0 Å². The standard InChI is InChI=1S/C12H12ClN3/c1-2-6-14-12-15-7-8-16(12)11-5-3-4-10(13)9-11/h2-5,7-9H,1,6H2,(H,14,15). The highest BCUT2D eigenvalue weighted by atomic mass is 35.5. The quantitative estimate of drug-likeness (QED) is 0.823. The van der Waals surface area contributed by atoms with Crippen LogP contribution in [0.25, 0.3) is 5.69 Å². The number of halogens is 1. The summed E-state index contributed by atoms with van der Waals surface area (Å²) in [5, 5.41) is 3.86. The van der Waals surface area contributed by atoms with Crippen molar-refractivity contribution in [2.24, 2.45) is 0 Å². The van der Waals surface area contributed by atoms with Crippen LogP contribution in [0.4, 0.5) is 5.95 Å². The van der Waals surface area contributed by atoms with E-state index in [4.69, 9.17) is 11.6 Å². The number of rotatable bonds is 4. The van der Waals surface area contributed by atoms with Crippen molar-refractivity contribution < 1.29 is 0 Å². The van der Waals surface area contributed by atoms with Gasteiger partial charge >= 0.3 is 0 Å². The average molecular weight is 234 g/mol. The first-order chi connectivity index (χ1) is 7.81. The Bertz CT molecular complexity index is 491. The molecule has 1 N–H and O–H groups in total. The van der Waals surface area contributed by atoms with E-state index in [9.17, 15) is 0 Å². The monoisotopic (exact) mass is 233 g/mol. The lowest BCUT2D eigenvalue weighted by Gasteiger charge is -2.08. The zero-order valence-corrected chi connectivity index (χ0v) is 9.48. The lowest BCUT2D eigenvalue weighted by molar-refractivity contribution is 1.04. The second kappa shape index (κ2) is 4.86. The van der Waals surface area contributed by atoms with E-state index >= 15 is 0 Å². The highest BCUT2D eigenvalue weighted by Crippen LogP contribution is 2.18. The molecule has 16 heavy (non-hydrogen) atoms. The number of nitrogens with zero attached hydrogens (tertiary/aromatic N) is 2. The van der Waals surface area contributed by atoms with Gasteiger partial charge in [0.2, 0.25) is 5.95 Å². The summed E-state index contributed by atoms with van der Waals surface area (Å²) in [6, 6.07) is 7.63. The van der Waals surface area contributed by atoms with Crippen LogP contribution in [0.3, 0.4) is 0 Å². The normalized spacial score (nSPS) is 10.1. The summed E-state index contributed by atoms with van der Waals surface area (Å²) in [5.41, 5.74) is 0.983. The Labute approximate surface area is 99.4 Å². The van der Waals surface area contributed by atoms with E-state index in [1.165, 1.54) is 0 Å². The van der Waals surface area contributed by atoms with Crippen LogP contribution in [0.15, 0.2) is 49.3 Å². The molecular weight excluding hydrogens is 222 g/mol. The van der Waals surface area contributed by atoms with Crippen molar-refractivity contribution in [2.75, 3.05) is 11.9 Å². The van der Waals surface area contributed by atoms with Crippen LogP contribution < -0.4 is 5.32 Å². The predicted octanol–water partition coefficient (Wildman–Crippen LogP) is 3.12. The summed E-state index contributed by atoms with van der Waals surface area (Å²) in [6.45, 7) is 4.33. The predicted molar refractivity (Wildman–Crippen MR) is 67.3 cm³/mol. The molecular formula is C12H12ClN3. The molecule has 1 aromatic carbocycles. The Morgan fingerprint density at radius 2 is 2.38 bits per heavy atom. The van der Waals surface area contributed by atoms with Gasteiger partial charge in [0.15, 0.2) is 0 Å². The first kappa shape index (κ1) is 10.8. The molecule has 2 aromatic rings. The molecule has 3 nitrogen and oxygen atoms in total. The third-order valence-corrected chi connectivity index (χ3v) is 2.37. The van der Waals surface area contributed by atoms with Crippen LogP contribution in [0.1, 0.15) is 0 Å². The van der Waals surface area contributed by atoms with Crippen molar-refractivity contribution in [1.82, 2.24) is 9.55 Å². The number of imidazole rings is 1. The maximum absolute atomic E-state index is 5.95. The summed E-state index contributed by atoms with van der Waals surface area (Å²) in [7, 11) is 0. The fourth-order valence-corrected chi connectivity index (χ4v) is 1.62. The Kier molecular flexibility index (Phi) is 3.27. The summed E-state index contributed by atoms with van der Waals surface area (Å²) >= 11 is 5.95. The average Bonchev–Trinajstić information content (AvgIpc) is 2.74. The zero-order chi connectivity index (χ0) is 11.4. The van der Waals surface area contributed by atoms with Gasteiger partial charge in [0, 0.05) is 29.6 Å². The zero-order valence-electron chi connectivity index (χ0n) is 8.73. The molecule has 1 heterocycles. The minimum atomic E-state index is 0.678. The van der Waals surface area contributed by atoms with Crippen LogP contribution in [0.5, 0.6) is 0 Å². The third kappa shape index (κ3) is 2.25. The highest BCUT2D eigenvalue weighted by molar-refractivity contribution is 6.30. The molecule has 0 saturated heterocycles. The Morgan fingerprint density at radius 1 is 1.50 bits per heavy atom. The van der Waals surface area contributed by atoms with Gasteiger partial charge in [-0.3, -0.25) is 4.57 Å². The number of hydrogen-bond acceptors (Lipinski definition) is 2. The Balaban J connectivity index is 2.32. The molecule has 0 saturated carbocycles. The van der Waals surface area contributed by atoms with Crippen LogP contribution in [-0.4, -0.2) is 16.1 Å². The highest BCUT2D eigenvalue weighted by Gasteiger charge is 2.03. The first-order valence-corrected chi connectivity index (χ1v) is 5.33. The fraction of sp³-hybridized carbons (Fsp3) is 0.0833. The Hall–Kier alpha value is -1.74. The summed E-state index contributed by atoms with van der Waals surface area (Å²) in [5.74, 6) is 0.780. The topological polar surface area (TPSA) is 29.9 Å². The van der Waals surface area contributed by atoms with E-state index in [-0.39, 0.29) is 0 Å². The van der Waals surface area contributed by atoms with E-state index in [0.29, 0.717) is 11.6 Å². The van der Waals surface area contributed by atoms with Crippen LogP contribution in [-0.2, 0) is 0 Å². The second-order valence-electron chi connectivity index (χ2n) is 3.27. The molecule has 0 radical (unpaired) electrons. The summed E-state index contributed by atoms with van der Waals surface area (Å²) < 4.78 is 1.94. The van der Waals surface area contributed by atoms with Gasteiger partial charge in [-0.25, -0.2) is 4.98 Å². The van der Waals surface area contributed by atoms with E-state index in [1.807, 2.05) is 35.0 Å². The minimum Gasteiger partial charge on any atom is -0.352 e. The molecule has 0 aliphatic heterocycles. The van der Waals surface area contributed by atoms with E-state index in [1.54, 1.807) is 12.3 Å². The molecule has 0 spiro atoms. The molecule has 0 amide bonds. The van der Waals surface area contributed by atoms with Crippen molar-refractivity contribution >= 4 is 17.5 Å². The van der Waals surface area contributed by atoms with Gasteiger partial charge in [-0.1, -0.05) is 23.7 Å². The smallest absolute Gasteiger partial charge is 0.207 e. The van der Waals surface area contributed by atoms with Crippen LogP contribution >= 0.6 is 11.6 Å². The SMILES string of the molecule is C=CCNc1nccn1-c1cccc(Cl)c1. The van der Waals surface area contributed by atoms with Gasteiger partial charge in [0.1, 0.15) is 0 Å². The maximum atomic E-state index is 5.95. The van der Waals surface area contributed by atoms with E-state index in [0.717, 1.165) is 11.6 Å². The van der Waals surface area contributed by atoms with Gasteiger partial charge in [-0.2, -0.15) is 0 Å². The van der Waals surface area contributed by atoms with Crippen molar-refractivity contribution in [3.63, 3.8) is 0 Å². The van der Waals surface area contributed by atoms with Gasteiger partial charge in [-0.05, 0) is 18.2 Å². The molecule has 4 heteroatoms. The van der Waals surface area contributed by atoms with Crippen molar-refractivity contribution in [3.8, 4) is 5.69 Å². The molecule has 0 bridgehead atoms. The lowest BCUT2D eigenvalue weighted by atomic mass is 10.3. The van der Waals surface area contributed by atoms with Crippen molar-refractivity contribution in [1.29, 1.82) is 0 Å². The van der Waals surface area contributed by atoms with Gasteiger partial charge in [0.05, 0.1) is 0 Å². The molecule has 82 valence electrons. The molecule has 0 aliphatic carbocycles. The third-order valence-electron chi connectivity index (χ3n) is 2.13. The lowest BCUT2D eigenvalue weighted by Crippen LogP contribution is -2.05.